The van der Waals surface area contributed by atoms with Gasteiger partial charge in [-0.15, -0.1) is 0 Å². The molecule has 3 heterocycles. The summed E-state index contributed by atoms with van der Waals surface area (Å²) in [5.74, 6) is 2.82. The molecule has 2 aromatic heterocycles. The second-order valence-electron chi connectivity index (χ2n) is 7.77. The summed E-state index contributed by atoms with van der Waals surface area (Å²) < 4.78 is 17.9. The molecule has 1 amide bonds. The predicted molar refractivity (Wildman–Crippen MR) is 123 cm³/mol. The normalized spacial score (nSPS) is 13.7. The van der Waals surface area contributed by atoms with Crippen LogP contribution in [0.1, 0.15) is 21.7 Å². The van der Waals surface area contributed by atoms with Crippen molar-refractivity contribution in [2.45, 2.75) is 13.8 Å². The van der Waals surface area contributed by atoms with Crippen molar-refractivity contribution in [1.82, 2.24) is 24.6 Å². The molecular weight excluding hydrogens is 424 g/mol. The van der Waals surface area contributed by atoms with Crippen molar-refractivity contribution in [1.29, 1.82) is 0 Å². The van der Waals surface area contributed by atoms with E-state index in [1.54, 1.807) is 18.5 Å². The van der Waals surface area contributed by atoms with Crippen LogP contribution in [-0.4, -0.2) is 78.1 Å². The first kappa shape index (κ1) is 22.4. The number of nitrogens with zero attached hydrogens (tertiary/aromatic N) is 6. The molecular formula is C23H28N6O4. The Hall–Kier alpha value is -3.82. The average Bonchev–Trinajstić information content (AvgIpc) is 3.20. The first-order chi connectivity index (χ1) is 15.9. The second kappa shape index (κ2) is 9.35. The minimum Gasteiger partial charge on any atom is -0.493 e. The van der Waals surface area contributed by atoms with Crippen LogP contribution in [0.4, 0.5) is 5.82 Å². The number of rotatable bonds is 6. The minimum atomic E-state index is -0.0834. The van der Waals surface area contributed by atoms with Gasteiger partial charge in [0, 0.05) is 43.5 Å². The van der Waals surface area contributed by atoms with E-state index in [4.69, 9.17) is 14.2 Å². The van der Waals surface area contributed by atoms with E-state index in [0.29, 0.717) is 49.0 Å². The van der Waals surface area contributed by atoms with Crippen LogP contribution in [0.5, 0.6) is 17.2 Å². The molecule has 3 aromatic rings. The lowest BCUT2D eigenvalue weighted by atomic mass is 10.1. The van der Waals surface area contributed by atoms with E-state index in [0.717, 1.165) is 23.0 Å². The molecule has 10 nitrogen and oxygen atoms in total. The highest BCUT2D eigenvalue weighted by Crippen LogP contribution is 2.38. The zero-order valence-electron chi connectivity index (χ0n) is 19.5. The Bertz CT molecular complexity index is 1130. The first-order valence-electron chi connectivity index (χ1n) is 10.6. The summed E-state index contributed by atoms with van der Waals surface area (Å²) in [5, 5.41) is 4.50. The third kappa shape index (κ3) is 4.41. The number of hydrogen-bond donors (Lipinski definition) is 0. The minimum absolute atomic E-state index is 0.0834. The lowest BCUT2D eigenvalue weighted by Gasteiger charge is -2.35. The van der Waals surface area contributed by atoms with Gasteiger partial charge >= 0.3 is 0 Å². The van der Waals surface area contributed by atoms with Gasteiger partial charge in [-0.1, -0.05) is 0 Å². The van der Waals surface area contributed by atoms with Gasteiger partial charge in [-0.2, -0.15) is 5.10 Å². The Balaban J connectivity index is 1.48. The second-order valence-corrected chi connectivity index (χ2v) is 7.77. The Morgan fingerprint density at radius 2 is 1.48 bits per heavy atom. The molecule has 0 N–H and O–H groups in total. The zero-order chi connectivity index (χ0) is 23.5. The van der Waals surface area contributed by atoms with Crippen LogP contribution in [0.25, 0.3) is 5.82 Å². The van der Waals surface area contributed by atoms with Crippen molar-refractivity contribution in [2.75, 3.05) is 52.4 Å². The fourth-order valence-corrected chi connectivity index (χ4v) is 4.01. The molecule has 0 unspecified atom stereocenters. The maximum absolute atomic E-state index is 13.2. The molecule has 0 atom stereocenters. The predicted octanol–water partition coefficient (Wildman–Crippen LogP) is 2.27. The van der Waals surface area contributed by atoms with E-state index >= 15 is 0 Å². The summed E-state index contributed by atoms with van der Waals surface area (Å²) in [4.78, 5) is 26.0. The number of methoxy groups -OCH3 is 3. The van der Waals surface area contributed by atoms with E-state index in [2.05, 4.69) is 20.0 Å². The molecule has 0 aliphatic carbocycles. The van der Waals surface area contributed by atoms with Crippen LogP contribution >= 0.6 is 0 Å². The number of benzene rings is 1. The van der Waals surface area contributed by atoms with Crippen molar-refractivity contribution in [3.8, 4) is 23.1 Å². The van der Waals surface area contributed by atoms with Crippen LogP contribution in [0.2, 0.25) is 0 Å². The van der Waals surface area contributed by atoms with E-state index in [1.165, 1.54) is 21.3 Å². The smallest absolute Gasteiger partial charge is 0.254 e. The number of hydrogen-bond acceptors (Lipinski definition) is 8. The van der Waals surface area contributed by atoms with Crippen LogP contribution in [0.3, 0.4) is 0 Å². The van der Waals surface area contributed by atoms with Crippen LogP contribution in [0, 0.1) is 13.8 Å². The molecule has 10 heteroatoms. The Labute approximate surface area is 192 Å². The zero-order valence-corrected chi connectivity index (χ0v) is 19.5. The Morgan fingerprint density at radius 1 is 0.848 bits per heavy atom. The van der Waals surface area contributed by atoms with E-state index in [1.807, 2.05) is 35.6 Å². The molecule has 33 heavy (non-hydrogen) atoms. The Morgan fingerprint density at radius 3 is 2.03 bits per heavy atom. The van der Waals surface area contributed by atoms with Crippen LogP contribution in [0.15, 0.2) is 30.6 Å². The number of amides is 1. The van der Waals surface area contributed by atoms with Gasteiger partial charge in [0.05, 0.1) is 27.0 Å². The number of ether oxygens (including phenoxy) is 3. The van der Waals surface area contributed by atoms with Gasteiger partial charge in [0.25, 0.3) is 5.91 Å². The summed E-state index contributed by atoms with van der Waals surface area (Å²) in [6.45, 7) is 6.39. The fourth-order valence-electron chi connectivity index (χ4n) is 4.01. The number of anilines is 1. The third-order valence-electron chi connectivity index (χ3n) is 5.67. The molecule has 4 rings (SSSR count). The monoisotopic (exact) mass is 452 g/mol. The molecule has 0 bridgehead atoms. The summed E-state index contributed by atoms with van der Waals surface area (Å²) in [6, 6.07) is 7.30. The summed E-state index contributed by atoms with van der Waals surface area (Å²) in [5.41, 5.74) is 2.44. The largest absolute Gasteiger partial charge is 0.493 e. The average molecular weight is 453 g/mol. The third-order valence-corrected chi connectivity index (χ3v) is 5.67. The van der Waals surface area contributed by atoms with Crippen molar-refractivity contribution in [3.63, 3.8) is 0 Å². The number of piperazine rings is 1. The van der Waals surface area contributed by atoms with Gasteiger partial charge < -0.3 is 24.0 Å². The molecule has 1 saturated heterocycles. The molecule has 0 radical (unpaired) electrons. The van der Waals surface area contributed by atoms with Gasteiger partial charge in [0.2, 0.25) is 5.75 Å². The molecule has 0 saturated carbocycles. The lowest BCUT2D eigenvalue weighted by molar-refractivity contribution is 0.0745. The number of aryl methyl sites for hydroxylation is 2. The van der Waals surface area contributed by atoms with E-state index in [-0.39, 0.29) is 5.91 Å². The van der Waals surface area contributed by atoms with Crippen molar-refractivity contribution in [2.24, 2.45) is 0 Å². The maximum Gasteiger partial charge on any atom is 0.254 e. The van der Waals surface area contributed by atoms with E-state index < -0.39 is 0 Å². The number of carbonyl (C=O) groups is 1. The quantitative estimate of drug-likeness (QED) is 0.562. The van der Waals surface area contributed by atoms with Crippen LogP contribution < -0.4 is 19.1 Å². The van der Waals surface area contributed by atoms with Crippen molar-refractivity contribution >= 4 is 11.7 Å². The van der Waals surface area contributed by atoms with E-state index in [9.17, 15) is 4.79 Å². The molecule has 1 aromatic carbocycles. The molecule has 1 aliphatic heterocycles. The van der Waals surface area contributed by atoms with Gasteiger partial charge in [-0.3, -0.25) is 4.79 Å². The standard InChI is InChI=1S/C23H28N6O4/c1-15-10-16(2)29(26-15)21-13-20(24-14-25-21)27-6-8-28(9-7-27)23(30)17-11-18(31-3)22(33-5)19(12-17)32-4/h10-14H,6-9H2,1-5H3. The topological polar surface area (TPSA) is 94.8 Å². The van der Waals surface area contributed by atoms with Crippen LogP contribution in [-0.2, 0) is 0 Å². The van der Waals surface area contributed by atoms with Gasteiger partial charge in [0.1, 0.15) is 12.1 Å². The molecule has 174 valence electrons. The SMILES string of the molecule is COc1cc(C(=O)N2CCN(c3cc(-n4nc(C)cc4C)ncn3)CC2)cc(OC)c1OC. The highest BCUT2D eigenvalue weighted by molar-refractivity contribution is 5.95. The van der Waals surface area contributed by atoms with Crippen molar-refractivity contribution < 1.29 is 19.0 Å². The summed E-state index contributed by atoms with van der Waals surface area (Å²) in [6.07, 6.45) is 1.55. The lowest BCUT2D eigenvalue weighted by Crippen LogP contribution is -2.49. The summed E-state index contributed by atoms with van der Waals surface area (Å²) in [7, 11) is 4.60. The maximum atomic E-state index is 13.2. The van der Waals surface area contributed by atoms with Gasteiger partial charge in [-0.05, 0) is 32.0 Å². The fraction of sp³-hybridized carbons (Fsp3) is 0.391. The highest BCUT2D eigenvalue weighted by Gasteiger charge is 2.25. The van der Waals surface area contributed by atoms with Gasteiger partial charge in [0.15, 0.2) is 17.3 Å². The highest BCUT2D eigenvalue weighted by atomic mass is 16.5. The molecule has 0 spiro atoms. The number of carbonyl (C=O) groups excluding carboxylic acids is 1. The summed E-state index contributed by atoms with van der Waals surface area (Å²) >= 11 is 0. The van der Waals surface area contributed by atoms with Crippen molar-refractivity contribution in [3.05, 3.63) is 47.5 Å². The van der Waals surface area contributed by atoms with Gasteiger partial charge in [-0.25, -0.2) is 14.6 Å². The Kier molecular flexibility index (Phi) is 6.34. The molecule has 1 fully saturated rings. The first-order valence-corrected chi connectivity index (χ1v) is 10.6. The number of aromatic nitrogens is 4. The molecule has 1 aliphatic rings.